The lowest BCUT2D eigenvalue weighted by molar-refractivity contribution is -0.126. The monoisotopic (exact) mass is 346 g/mol. The molecule has 1 fully saturated rings. The fourth-order valence-corrected chi connectivity index (χ4v) is 3.93. The summed E-state index contributed by atoms with van der Waals surface area (Å²) in [4.78, 5) is 31.2. The van der Waals surface area contributed by atoms with Crippen molar-refractivity contribution in [2.24, 2.45) is 5.92 Å². The lowest BCUT2D eigenvalue weighted by atomic mass is 9.95. The predicted octanol–water partition coefficient (Wildman–Crippen LogP) is 2.38. The maximum Gasteiger partial charge on any atom is 0.274 e. The van der Waals surface area contributed by atoms with Gasteiger partial charge in [0.05, 0.1) is 17.9 Å². The van der Waals surface area contributed by atoms with Gasteiger partial charge in [-0.25, -0.2) is 4.98 Å². The molecule has 2 amide bonds. The third-order valence-corrected chi connectivity index (χ3v) is 5.56. The molecule has 3 rings (SSSR count). The van der Waals surface area contributed by atoms with E-state index >= 15 is 0 Å². The normalized spacial score (nSPS) is 20.3. The smallest absolute Gasteiger partial charge is 0.274 e. The van der Waals surface area contributed by atoms with Crippen LogP contribution in [-0.4, -0.2) is 45.9 Å². The zero-order valence-corrected chi connectivity index (χ0v) is 15.5. The van der Waals surface area contributed by atoms with Gasteiger partial charge >= 0.3 is 0 Å². The van der Waals surface area contributed by atoms with E-state index in [4.69, 9.17) is 0 Å². The molecule has 1 aliphatic carbocycles. The highest BCUT2D eigenvalue weighted by Gasteiger charge is 2.30. The number of amides is 2. The van der Waals surface area contributed by atoms with E-state index in [1.165, 1.54) is 12.8 Å². The van der Waals surface area contributed by atoms with Crippen molar-refractivity contribution in [3.05, 3.63) is 17.7 Å². The number of hydrogen-bond acceptors (Lipinski definition) is 3. The van der Waals surface area contributed by atoms with E-state index in [0.717, 1.165) is 50.8 Å². The minimum atomic E-state index is -0.0110. The zero-order valence-electron chi connectivity index (χ0n) is 15.5. The number of nitrogens with zero attached hydrogens (tertiary/aromatic N) is 3. The minimum absolute atomic E-state index is 0.00365. The van der Waals surface area contributed by atoms with Crippen LogP contribution < -0.4 is 5.32 Å². The molecule has 138 valence electrons. The van der Waals surface area contributed by atoms with Crippen LogP contribution in [0.15, 0.2) is 6.33 Å². The fourth-order valence-electron chi connectivity index (χ4n) is 3.93. The topological polar surface area (TPSA) is 67.2 Å². The lowest BCUT2D eigenvalue weighted by Crippen LogP contribution is -2.40. The van der Waals surface area contributed by atoms with E-state index in [-0.39, 0.29) is 17.7 Å². The van der Waals surface area contributed by atoms with Crippen LogP contribution >= 0.6 is 0 Å². The molecule has 25 heavy (non-hydrogen) atoms. The van der Waals surface area contributed by atoms with E-state index in [2.05, 4.69) is 17.2 Å². The summed E-state index contributed by atoms with van der Waals surface area (Å²) in [6.07, 6.45) is 9.99. The number of carbonyl (C=O) groups is 2. The molecule has 0 radical (unpaired) electrons. The molecule has 6 nitrogen and oxygen atoms in total. The molecule has 1 saturated carbocycles. The Bertz CT molecular complexity index is 619. The van der Waals surface area contributed by atoms with Crippen LogP contribution in [0, 0.1) is 5.92 Å². The number of hydrogen-bond donors (Lipinski definition) is 1. The first-order chi connectivity index (χ1) is 12.1. The van der Waals surface area contributed by atoms with Gasteiger partial charge in [0.25, 0.3) is 5.91 Å². The highest BCUT2D eigenvalue weighted by atomic mass is 16.2. The summed E-state index contributed by atoms with van der Waals surface area (Å²) in [5.41, 5.74) is 1.55. The summed E-state index contributed by atoms with van der Waals surface area (Å²) in [5.74, 6) is 0.151. The van der Waals surface area contributed by atoms with Gasteiger partial charge in [-0.15, -0.1) is 0 Å². The molecule has 0 spiro atoms. The lowest BCUT2D eigenvalue weighted by Gasteiger charge is -2.26. The van der Waals surface area contributed by atoms with Gasteiger partial charge in [0.15, 0.2) is 0 Å². The molecule has 1 unspecified atom stereocenters. The maximum absolute atomic E-state index is 12.6. The largest absolute Gasteiger partial charge is 0.353 e. The van der Waals surface area contributed by atoms with Gasteiger partial charge in [-0.2, -0.15) is 0 Å². The van der Waals surface area contributed by atoms with Crippen molar-refractivity contribution >= 4 is 11.8 Å². The Balaban J connectivity index is 1.62. The maximum atomic E-state index is 12.6. The van der Waals surface area contributed by atoms with Crippen molar-refractivity contribution in [3.63, 3.8) is 0 Å². The van der Waals surface area contributed by atoms with E-state index in [0.29, 0.717) is 18.3 Å². The third-order valence-electron chi connectivity index (χ3n) is 5.56. The molecule has 1 aromatic heterocycles. The number of unbranched alkanes of at least 4 members (excludes halogenated alkanes) is 1. The highest BCUT2D eigenvalue weighted by Crippen LogP contribution is 2.25. The standard InChI is InChI=1S/C19H30N4O2/c1-3-4-11-22(2)19(25)17-16-10-9-14(12-23(16)13-20-17)18(24)21-15-7-5-6-8-15/h13-15H,3-12H2,1-2H3,(H,21,24). The molecule has 1 aromatic rings. The number of imidazole rings is 1. The Labute approximate surface area is 150 Å². The van der Waals surface area contributed by atoms with Gasteiger partial charge in [-0.3, -0.25) is 9.59 Å². The highest BCUT2D eigenvalue weighted by molar-refractivity contribution is 5.93. The van der Waals surface area contributed by atoms with Crippen LogP contribution in [0.3, 0.4) is 0 Å². The Kier molecular flexibility index (Phi) is 5.76. The third kappa shape index (κ3) is 4.05. The number of nitrogens with one attached hydrogen (secondary N) is 1. The van der Waals surface area contributed by atoms with Crippen LogP contribution in [0.4, 0.5) is 0 Å². The fraction of sp³-hybridized carbons (Fsp3) is 0.737. The van der Waals surface area contributed by atoms with E-state index in [1.54, 1.807) is 11.2 Å². The van der Waals surface area contributed by atoms with Gasteiger partial charge in [0.1, 0.15) is 5.69 Å². The molecule has 2 heterocycles. The number of rotatable bonds is 6. The minimum Gasteiger partial charge on any atom is -0.353 e. The van der Waals surface area contributed by atoms with Crippen molar-refractivity contribution in [2.45, 2.75) is 70.9 Å². The first-order valence-corrected chi connectivity index (χ1v) is 9.70. The zero-order chi connectivity index (χ0) is 17.8. The first kappa shape index (κ1) is 18.0. The van der Waals surface area contributed by atoms with E-state index in [9.17, 15) is 9.59 Å². The molecule has 1 N–H and O–H groups in total. The molecular formula is C19H30N4O2. The molecular weight excluding hydrogens is 316 g/mol. The summed E-state index contributed by atoms with van der Waals surface area (Å²) in [6, 6.07) is 0.362. The second-order valence-electron chi connectivity index (χ2n) is 7.50. The Hall–Kier alpha value is -1.85. The predicted molar refractivity (Wildman–Crippen MR) is 96.3 cm³/mol. The van der Waals surface area contributed by atoms with Crippen molar-refractivity contribution < 1.29 is 9.59 Å². The summed E-state index contributed by atoms with van der Waals surface area (Å²) in [5, 5.41) is 3.20. The van der Waals surface area contributed by atoms with Crippen molar-refractivity contribution in [1.29, 1.82) is 0 Å². The number of aromatic nitrogens is 2. The molecule has 0 saturated heterocycles. The number of fused-ring (bicyclic) bond motifs is 1. The Morgan fingerprint density at radius 3 is 2.80 bits per heavy atom. The van der Waals surface area contributed by atoms with Crippen molar-refractivity contribution in [2.75, 3.05) is 13.6 Å². The van der Waals surface area contributed by atoms with Crippen LogP contribution in [-0.2, 0) is 17.8 Å². The van der Waals surface area contributed by atoms with E-state index in [1.807, 2.05) is 11.6 Å². The van der Waals surface area contributed by atoms with Crippen LogP contribution in [0.1, 0.15) is 68.1 Å². The first-order valence-electron chi connectivity index (χ1n) is 9.70. The van der Waals surface area contributed by atoms with Crippen molar-refractivity contribution in [1.82, 2.24) is 19.8 Å². The van der Waals surface area contributed by atoms with Gasteiger partial charge in [0, 0.05) is 26.2 Å². The molecule has 1 atom stereocenters. The quantitative estimate of drug-likeness (QED) is 0.860. The summed E-state index contributed by atoms with van der Waals surface area (Å²) >= 11 is 0. The van der Waals surface area contributed by atoms with Crippen LogP contribution in [0.25, 0.3) is 0 Å². The number of carbonyl (C=O) groups excluding carboxylic acids is 2. The Morgan fingerprint density at radius 2 is 2.08 bits per heavy atom. The van der Waals surface area contributed by atoms with Crippen LogP contribution in [0.2, 0.25) is 0 Å². The Morgan fingerprint density at radius 1 is 1.32 bits per heavy atom. The molecule has 2 aliphatic rings. The molecule has 0 aromatic carbocycles. The second kappa shape index (κ2) is 8.02. The van der Waals surface area contributed by atoms with Crippen molar-refractivity contribution in [3.8, 4) is 0 Å². The summed E-state index contributed by atoms with van der Waals surface area (Å²) in [6.45, 7) is 3.51. The second-order valence-corrected chi connectivity index (χ2v) is 7.50. The summed E-state index contributed by atoms with van der Waals surface area (Å²) < 4.78 is 2.00. The van der Waals surface area contributed by atoms with E-state index < -0.39 is 0 Å². The van der Waals surface area contributed by atoms with Gasteiger partial charge in [-0.05, 0) is 32.1 Å². The SMILES string of the molecule is CCCCN(C)C(=O)c1ncn2c1CCC(C(=O)NC1CCCC1)C2. The average molecular weight is 346 g/mol. The van der Waals surface area contributed by atoms with Crippen LogP contribution in [0.5, 0.6) is 0 Å². The molecule has 1 aliphatic heterocycles. The van der Waals surface area contributed by atoms with Gasteiger partial charge in [-0.1, -0.05) is 26.2 Å². The van der Waals surface area contributed by atoms with Gasteiger partial charge in [0.2, 0.25) is 5.91 Å². The summed E-state index contributed by atoms with van der Waals surface area (Å²) in [7, 11) is 1.84. The van der Waals surface area contributed by atoms with Gasteiger partial charge < -0.3 is 14.8 Å². The average Bonchev–Trinajstić information content (AvgIpc) is 3.27. The molecule has 6 heteroatoms. The molecule has 0 bridgehead atoms.